The predicted octanol–water partition coefficient (Wildman–Crippen LogP) is 1.12. The summed E-state index contributed by atoms with van der Waals surface area (Å²) in [5, 5.41) is 11.7. The molecule has 1 saturated carbocycles. The van der Waals surface area contributed by atoms with Crippen molar-refractivity contribution in [2.45, 2.75) is 45.4 Å². The lowest BCUT2D eigenvalue weighted by molar-refractivity contribution is -0.141. The Morgan fingerprint density at radius 3 is 2.56 bits per heavy atom. The summed E-state index contributed by atoms with van der Waals surface area (Å²) in [5.74, 6) is -0.417. The molecular weight excluding hydrogens is 232 g/mol. The van der Waals surface area contributed by atoms with Gasteiger partial charge in [0.25, 0.3) is 0 Å². The molecule has 5 nitrogen and oxygen atoms in total. The third-order valence-corrected chi connectivity index (χ3v) is 3.87. The number of nitrogens with two attached hydrogens (primary N) is 1. The zero-order valence-electron chi connectivity index (χ0n) is 11.1. The quantitative estimate of drug-likeness (QED) is 0.607. The van der Waals surface area contributed by atoms with Crippen molar-refractivity contribution < 1.29 is 14.7 Å². The topological polar surface area (TPSA) is 92.4 Å². The Kier molecular flexibility index (Phi) is 5.59. The first-order valence-electron chi connectivity index (χ1n) is 6.66. The van der Waals surface area contributed by atoms with Crippen LogP contribution < -0.4 is 11.1 Å². The fourth-order valence-electron chi connectivity index (χ4n) is 2.28. The molecule has 0 bridgehead atoms. The van der Waals surface area contributed by atoms with Crippen molar-refractivity contribution in [2.75, 3.05) is 13.1 Å². The van der Waals surface area contributed by atoms with Gasteiger partial charge in [0.05, 0.1) is 6.42 Å². The van der Waals surface area contributed by atoms with Gasteiger partial charge < -0.3 is 16.2 Å². The molecule has 18 heavy (non-hydrogen) atoms. The normalized spacial score (nSPS) is 18.8. The summed E-state index contributed by atoms with van der Waals surface area (Å²) >= 11 is 0. The Bertz CT molecular complexity index is 301. The molecule has 1 aliphatic rings. The SMILES string of the molecule is CC(CN)CCC(=O)NCC1(CC(=O)O)CCC1. The minimum atomic E-state index is -0.777. The van der Waals surface area contributed by atoms with E-state index in [-0.39, 0.29) is 17.7 Å². The standard InChI is InChI=1S/C13H24N2O3/c1-10(8-14)3-4-11(16)15-9-13(5-2-6-13)7-12(17)18/h10H,2-9,14H2,1H3,(H,15,16)(H,17,18). The molecule has 0 spiro atoms. The van der Waals surface area contributed by atoms with Gasteiger partial charge in [-0.1, -0.05) is 13.3 Å². The maximum atomic E-state index is 11.6. The predicted molar refractivity (Wildman–Crippen MR) is 69.0 cm³/mol. The van der Waals surface area contributed by atoms with E-state index in [4.69, 9.17) is 10.8 Å². The van der Waals surface area contributed by atoms with Crippen molar-refractivity contribution in [2.24, 2.45) is 17.1 Å². The highest BCUT2D eigenvalue weighted by atomic mass is 16.4. The van der Waals surface area contributed by atoms with E-state index in [0.29, 0.717) is 25.4 Å². The van der Waals surface area contributed by atoms with E-state index < -0.39 is 5.97 Å². The summed E-state index contributed by atoms with van der Waals surface area (Å²) in [5.41, 5.74) is 5.30. The fourth-order valence-corrected chi connectivity index (χ4v) is 2.28. The van der Waals surface area contributed by atoms with Crippen molar-refractivity contribution >= 4 is 11.9 Å². The van der Waals surface area contributed by atoms with E-state index in [1.165, 1.54) is 0 Å². The summed E-state index contributed by atoms with van der Waals surface area (Å²) in [6.45, 7) is 3.11. The third kappa shape index (κ3) is 4.64. The van der Waals surface area contributed by atoms with Crippen LogP contribution in [0.5, 0.6) is 0 Å². The number of rotatable bonds is 8. The molecule has 104 valence electrons. The molecule has 1 amide bonds. The van der Waals surface area contributed by atoms with Gasteiger partial charge in [-0.25, -0.2) is 0 Å². The Labute approximate surface area is 108 Å². The van der Waals surface area contributed by atoms with Crippen LogP contribution in [0, 0.1) is 11.3 Å². The van der Waals surface area contributed by atoms with Gasteiger partial charge in [0.15, 0.2) is 0 Å². The van der Waals surface area contributed by atoms with Crippen molar-refractivity contribution in [1.82, 2.24) is 5.32 Å². The largest absolute Gasteiger partial charge is 0.481 e. The number of nitrogens with one attached hydrogen (secondary N) is 1. The van der Waals surface area contributed by atoms with E-state index in [1.54, 1.807) is 0 Å². The van der Waals surface area contributed by atoms with Gasteiger partial charge in [-0.2, -0.15) is 0 Å². The smallest absolute Gasteiger partial charge is 0.303 e. The molecule has 0 radical (unpaired) electrons. The number of carboxylic acid groups (broad SMARTS) is 1. The monoisotopic (exact) mass is 256 g/mol. The minimum Gasteiger partial charge on any atom is -0.481 e. The van der Waals surface area contributed by atoms with E-state index in [2.05, 4.69) is 5.32 Å². The lowest BCUT2D eigenvalue weighted by atomic mass is 9.66. The summed E-state index contributed by atoms with van der Waals surface area (Å²) in [6.07, 6.45) is 4.28. The summed E-state index contributed by atoms with van der Waals surface area (Å²) < 4.78 is 0. The molecule has 0 saturated heterocycles. The van der Waals surface area contributed by atoms with Crippen molar-refractivity contribution in [3.05, 3.63) is 0 Å². The average Bonchev–Trinajstić information content (AvgIpc) is 2.28. The molecule has 1 fully saturated rings. The second-order valence-electron chi connectivity index (χ2n) is 5.58. The molecule has 0 aliphatic heterocycles. The second-order valence-corrected chi connectivity index (χ2v) is 5.58. The van der Waals surface area contributed by atoms with Gasteiger partial charge in [0, 0.05) is 13.0 Å². The Morgan fingerprint density at radius 2 is 2.11 bits per heavy atom. The highest BCUT2D eigenvalue weighted by Gasteiger charge is 2.39. The third-order valence-electron chi connectivity index (χ3n) is 3.87. The lowest BCUT2D eigenvalue weighted by Crippen LogP contribution is -2.43. The van der Waals surface area contributed by atoms with Crippen molar-refractivity contribution in [3.8, 4) is 0 Å². The molecule has 0 heterocycles. The highest BCUT2D eigenvalue weighted by molar-refractivity contribution is 5.76. The number of carbonyl (C=O) groups excluding carboxylic acids is 1. The van der Waals surface area contributed by atoms with Crippen LogP contribution in [0.1, 0.15) is 45.4 Å². The van der Waals surface area contributed by atoms with Gasteiger partial charge in [-0.3, -0.25) is 9.59 Å². The van der Waals surface area contributed by atoms with E-state index >= 15 is 0 Å². The number of carboxylic acids is 1. The van der Waals surface area contributed by atoms with E-state index in [0.717, 1.165) is 25.7 Å². The Hall–Kier alpha value is -1.10. The lowest BCUT2D eigenvalue weighted by Gasteiger charge is -2.40. The van der Waals surface area contributed by atoms with Crippen LogP contribution in [0.3, 0.4) is 0 Å². The zero-order chi connectivity index (χ0) is 13.6. The first kappa shape index (κ1) is 15.0. The van der Waals surface area contributed by atoms with Crippen molar-refractivity contribution in [1.29, 1.82) is 0 Å². The molecule has 0 aromatic heterocycles. The number of amides is 1. The average molecular weight is 256 g/mol. The minimum absolute atomic E-state index is 0.00645. The van der Waals surface area contributed by atoms with Gasteiger partial charge in [0.1, 0.15) is 0 Å². The zero-order valence-corrected chi connectivity index (χ0v) is 11.1. The molecular formula is C13H24N2O3. The van der Waals surface area contributed by atoms with Gasteiger partial charge >= 0.3 is 5.97 Å². The van der Waals surface area contributed by atoms with E-state index in [9.17, 15) is 9.59 Å². The molecule has 4 N–H and O–H groups in total. The number of hydrogen-bond acceptors (Lipinski definition) is 3. The molecule has 1 rings (SSSR count). The maximum absolute atomic E-state index is 11.6. The fraction of sp³-hybridized carbons (Fsp3) is 0.846. The summed E-state index contributed by atoms with van der Waals surface area (Å²) in [7, 11) is 0. The number of carbonyl (C=O) groups is 2. The van der Waals surface area contributed by atoms with E-state index in [1.807, 2.05) is 6.92 Å². The molecule has 1 aliphatic carbocycles. The molecule has 0 aromatic rings. The van der Waals surface area contributed by atoms with Gasteiger partial charge in [0.2, 0.25) is 5.91 Å². The van der Waals surface area contributed by atoms with Crippen molar-refractivity contribution in [3.63, 3.8) is 0 Å². The second kappa shape index (κ2) is 6.73. The molecule has 1 unspecified atom stereocenters. The summed E-state index contributed by atoms with van der Waals surface area (Å²) in [6, 6.07) is 0. The molecule has 0 aromatic carbocycles. The molecule has 5 heteroatoms. The van der Waals surface area contributed by atoms with Gasteiger partial charge in [-0.05, 0) is 37.1 Å². The number of hydrogen-bond donors (Lipinski definition) is 3. The van der Waals surface area contributed by atoms with Crippen LogP contribution in [0.4, 0.5) is 0 Å². The van der Waals surface area contributed by atoms with Crippen LogP contribution in [-0.4, -0.2) is 30.1 Å². The Balaban J connectivity index is 2.26. The van der Waals surface area contributed by atoms with Crippen LogP contribution in [0.15, 0.2) is 0 Å². The Morgan fingerprint density at radius 1 is 1.44 bits per heavy atom. The molecule has 1 atom stereocenters. The van der Waals surface area contributed by atoms with Crippen LogP contribution in [0.2, 0.25) is 0 Å². The van der Waals surface area contributed by atoms with Crippen LogP contribution >= 0.6 is 0 Å². The maximum Gasteiger partial charge on any atom is 0.303 e. The summed E-state index contributed by atoms with van der Waals surface area (Å²) in [4.78, 5) is 22.4. The first-order chi connectivity index (χ1) is 8.47. The first-order valence-corrected chi connectivity index (χ1v) is 6.66. The highest BCUT2D eigenvalue weighted by Crippen LogP contribution is 2.43. The van der Waals surface area contributed by atoms with Crippen LogP contribution in [0.25, 0.3) is 0 Å². The van der Waals surface area contributed by atoms with Crippen LogP contribution in [-0.2, 0) is 9.59 Å². The number of aliphatic carboxylic acids is 1. The van der Waals surface area contributed by atoms with Gasteiger partial charge in [-0.15, -0.1) is 0 Å².